The third-order valence-electron chi connectivity index (χ3n) is 4.69. The van der Waals surface area contributed by atoms with Gasteiger partial charge in [-0.2, -0.15) is 0 Å². The monoisotopic (exact) mass is 368 g/mol. The minimum atomic E-state index is -0.370. The number of allylic oxidation sites excluding steroid dienone is 2. The lowest BCUT2D eigenvalue weighted by Gasteiger charge is -2.36. The number of nitrogens with one attached hydrogen (secondary N) is 2. The maximum atomic E-state index is 12.9. The molecule has 1 aliphatic carbocycles. The Bertz CT molecular complexity index is 936. The van der Waals surface area contributed by atoms with Crippen molar-refractivity contribution in [2.45, 2.75) is 43.0 Å². The summed E-state index contributed by atoms with van der Waals surface area (Å²) in [6.45, 7) is 4.10. The molecule has 3 heterocycles. The fourth-order valence-corrected chi connectivity index (χ4v) is 4.42. The first-order valence-electron chi connectivity index (χ1n) is 8.75. The number of ketones is 1. The minimum Gasteiger partial charge on any atom is -0.343 e. The number of H-pyrrole nitrogens is 1. The summed E-state index contributed by atoms with van der Waals surface area (Å²) in [5.41, 5.74) is 2.10. The summed E-state index contributed by atoms with van der Waals surface area (Å²) in [6.07, 6.45) is 6.66. The predicted octanol–water partition coefficient (Wildman–Crippen LogP) is 3.09. The van der Waals surface area contributed by atoms with Gasteiger partial charge in [-0.15, -0.1) is 0 Å². The number of carbonyl (C=O) groups excluding carboxylic acids is 1. The van der Waals surface area contributed by atoms with Crippen molar-refractivity contribution in [1.82, 2.24) is 15.0 Å². The number of Topliss-reactive ketones (excluding diaryl/α,β-unsaturated/α-hetero) is 1. The Morgan fingerprint density at radius 2 is 1.96 bits per heavy atom. The van der Waals surface area contributed by atoms with Gasteiger partial charge in [0, 0.05) is 35.7 Å². The van der Waals surface area contributed by atoms with Crippen LogP contribution in [0.2, 0.25) is 0 Å². The number of thioether (sulfide) groups is 1. The van der Waals surface area contributed by atoms with Crippen LogP contribution in [0.3, 0.4) is 0 Å². The van der Waals surface area contributed by atoms with Gasteiger partial charge in [-0.25, -0.2) is 4.98 Å². The van der Waals surface area contributed by atoms with E-state index in [1.165, 1.54) is 11.8 Å². The summed E-state index contributed by atoms with van der Waals surface area (Å²) in [4.78, 5) is 37.2. The van der Waals surface area contributed by atoms with Crippen molar-refractivity contribution in [2.75, 3.05) is 5.32 Å². The molecule has 0 spiro atoms. The fraction of sp³-hybridized carbons (Fsp3) is 0.368. The Morgan fingerprint density at radius 3 is 2.69 bits per heavy atom. The first-order chi connectivity index (χ1) is 12.5. The van der Waals surface area contributed by atoms with Crippen molar-refractivity contribution in [2.24, 2.45) is 5.92 Å². The van der Waals surface area contributed by atoms with Crippen LogP contribution in [0.4, 0.5) is 5.82 Å². The summed E-state index contributed by atoms with van der Waals surface area (Å²) in [6, 6.07) is 3.74. The largest absolute Gasteiger partial charge is 0.343 e. The van der Waals surface area contributed by atoms with E-state index in [1.54, 1.807) is 12.4 Å². The third kappa shape index (κ3) is 2.96. The van der Waals surface area contributed by atoms with Gasteiger partial charge in [-0.3, -0.25) is 14.6 Å². The van der Waals surface area contributed by atoms with E-state index < -0.39 is 0 Å². The lowest BCUT2D eigenvalue weighted by atomic mass is 9.72. The van der Waals surface area contributed by atoms with E-state index in [1.807, 2.05) is 12.1 Å². The molecule has 0 fully saturated rings. The highest BCUT2D eigenvalue weighted by Gasteiger charge is 2.42. The normalized spacial score (nSPS) is 21.7. The second-order valence-corrected chi connectivity index (χ2v) is 8.39. The van der Waals surface area contributed by atoms with Crippen LogP contribution in [0.5, 0.6) is 0 Å². The smallest absolute Gasteiger partial charge is 0.257 e. The minimum absolute atomic E-state index is 0.155. The summed E-state index contributed by atoms with van der Waals surface area (Å²) in [5.74, 6) is -0.00814. The number of carbonyl (C=O) groups is 1. The number of pyridine rings is 1. The molecule has 0 amide bonds. The molecule has 0 aromatic carbocycles. The van der Waals surface area contributed by atoms with E-state index in [9.17, 15) is 9.59 Å². The van der Waals surface area contributed by atoms with Crippen molar-refractivity contribution < 1.29 is 4.79 Å². The summed E-state index contributed by atoms with van der Waals surface area (Å²) < 4.78 is 0. The molecule has 0 bridgehead atoms. The molecule has 2 atom stereocenters. The molecule has 2 N–H and O–H groups in total. The van der Waals surface area contributed by atoms with Crippen molar-refractivity contribution in [1.29, 1.82) is 0 Å². The first kappa shape index (κ1) is 17.0. The van der Waals surface area contributed by atoms with Crippen LogP contribution >= 0.6 is 11.8 Å². The zero-order chi connectivity index (χ0) is 18.3. The lowest BCUT2D eigenvalue weighted by molar-refractivity contribution is -0.122. The SMILES string of the molecule is CC(C)Sc1nc2c(c(=O)[nH]1)[C@H](c1ccncc1)[C@H]1C(=O)CCC=C1N2. The van der Waals surface area contributed by atoms with Gasteiger partial charge in [0.2, 0.25) is 0 Å². The van der Waals surface area contributed by atoms with Crippen molar-refractivity contribution in [3.63, 3.8) is 0 Å². The number of aromatic nitrogens is 3. The van der Waals surface area contributed by atoms with Gasteiger partial charge in [0.15, 0.2) is 5.16 Å². The number of nitrogens with zero attached hydrogens (tertiary/aromatic N) is 2. The fourth-order valence-electron chi connectivity index (χ4n) is 3.68. The molecule has 134 valence electrons. The van der Waals surface area contributed by atoms with E-state index >= 15 is 0 Å². The summed E-state index contributed by atoms with van der Waals surface area (Å²) in [7, 11) is 0. The zero-order valence-electron chi connectivity index (χ0n) is 14.7. The molecular weight excluding hydrogens is 348 g/mol. The van der Waals surface area contributed by atoms with E-state index in [0.717, 1.165) is 11.3 Å². The molecule has 0 radical (unpaired) electrons. The van der Waals surface area contributed by atoms with Gasteiger partial charge in [-0.1, -0.05) is 31.7 Å². The second-order valence-electron chi connectivity index (χ2n) is 6.83. The molecule has 1 aliphatic heterocycles. The quantitative estimate of drug-likeness (QED) is 0.639. The van der Waals surface area contributed by atoms with Crippen molar-refractivity contribution in [3.8, 4) is 0 Å². The Hall–Kier alpha value is -2.41. The van der Waals surface area contributed by atoms with Gasteiger partial charge < -0.3 is 10.3 Å². The highest BCUT2D eigenvalue weighted by Crippen LogP contribution is 2.44. The summed E-state index contributed by atoms with van der Waals surface area (Å²) >= 11 is 1.51. The molecule has 6 nitrogen and oxygen atoms in total. The van der Waals surface area contributed by atoms with Crippen LogP contribution in [0, 0.1) is 5.92 Å². The third-order valence-corrected chi connectivity index (χ3v) is 5.58. The predicted molar refractivity (Wildman–Crippen MR) is 101 cm³/mol. The van der Waals surface area contributed by atoms with E-state index in [4.69, 9.17) is 0 Å². The number of fused-ring (bicyclic) bond motifs is 2. The van der Waals surface area contributed by atoms with E-state index in [0.29, 0.717) is 34.6 Å². The molecular formula is C19H20N4O2S. The second kappa shape index (κ2) is 6.72. The van der Waals surface area contributed by atoms with Crippen molar-refractivity contribution >= 4 is 23.4 Å². The molecule has 2 aromatic rings. The molecule has 0 saturated carbocycles. The summed E-state index contributed by atoms with van der Waals surface area (Å²) in [5, 5.41) is 4.16. The van der Waals surface area contributed by atoms with Gasteiger partial charge in [-0.05, 0) is 24.1 Å². The number of rotatable bonds is 3. The number of anilines is 1. The topological polar surface area (TPSA) is 87.7 Å². The molecule has 2 aromatic heterocycles. The Morgan fingerprint density at radius 1 is 1.19 bits per heavy atom. The average molecular weight is 368 g/mol. The molecule has 2 aliphatic rings. The average Bonchev–Trinajstić information content (AvgIpc) is 2.60. The van der Waals surface area contributed by atoms with Crippen LogP contribution in [0.25, 0.3) is 0 Å². The highest BCUT2D eigenvalue weighted by atomic mass is 32.2. The molecule has 4 rings (SSSR count). The maximum absolute atomic E-state index is 12.9. The highest BCUT2D eigenvalue weighted by molar-refractivity contribution is 7.99. The van der Waals surface area contributed by atoms with Crippen LogP contribution in [-0.4, -0.2) is 26.0 Å². The Balaban J connectivity index is 1.91. The van der Waals surface area contributed by atoms with Crippen LogP contribution in [0.15, 0.2) is 46.3 Å². The van der Waals surface area contributed by atoms with Gasteiger partial charge in [0.1, 0.15) is 11.6 Å². The Kier molecular flexibility index (Phi) is 4.40. The number of hydrogen-bond donors (Lipinski definition) is 2. The lowest BCUT2D eigenvalue weighted by Crippen LogP contribution is -2.38. The van der Waals surface area contributed by atoms with Gasteiger partial charge in [0.05, 0.1) is 11.5 Å². The van der Waals surface area contributed by atoms with E-state index in [-0.39, 0.29) is 23.2 Å². The van der Waals surface area contributed by atoms with Crippen molar-refractivity contribution in [3.05, 3.63) is 57.8 Å². The van der Waals surface area contributed by atoms with Gasteiger partial charge >= 0.3 is 0 Å². The number of hydrogen-bond acceptors (Lipinski definition) is 6. The van der Waals surface area contributed by atoms with Gasteiger partial charge in [0.25, 0.3) is 5.56 Å². The molecule has 0 saturated heterocycles. The first-order valence-corrected chi connectivity index (χ1v) is 9.63. The number of aromatic amines is 1. The van der Waals surface area contributed by atoms with Crippen LogP contribution < -0.4 is 10.9 Å². The molecule has 26 heavy (non-hydrogen) atoms. The maximum Gasteiger partial charge on any atom is 0.257 e. The van der Waals surface area contributed by atoms with Crippen LogP contribution in [0.1, 0.15) is 43.7 Å². The molecule has 0 unspecified atom stereocenters. The standard InChI is InChI=1S/C19H20N4O2S/c1-10(2)26-19-22-17-16(18(25)23-19)14(11-6-8-20-9-7-11)15-12(21-17)4-3-5-13(15)24/h4,6-10,14-15H,3,5H2,1-2H3,(H2,21,22,23,25)/t14-,15-/m1/s1. The van der Waals surface area contributed by atoms with E-state index in [2.05, 4.69) is 40.2 Å². The molecule has 7 heteroatoms. The van der Waals surface area contributed by atoms with Crippen LogP contribution in [-0.2, 0) is 4.79 Å². The Labute approximate surface area is 155 Å². The zero-order valence-corrected chi connectivity index (χ0v) is 15.5.